The van der Waals surface area contributed by atoms with Gasteiger partial charge in [-0.3, -0.25) is 9.59 Å². The van der Waals surface area contributed by atoms with Gasteiger partial charge in [0.05, 0.1) is 5.02 Å². The molecule has 1 heterocycles. The van der Waals surface area contributed by atoms with Gasteiger partial charge >= 0.3 is 0 Å². The molecule has 24 heavy (non-hydrogen) atoms. The Morgan fingerprint density at radius 3 is 2.58 bits per heavy atom. The SMILES string of the molecule is CCC[C@@H](NC(C)=O)C(=O)N1CCC(Oc2ccccc2Cl)CC1. The molecule has 0 saturated carbocycles. The van der Waals surface area contributed by atoms with E-state index in [0.717, 1.165) is 19.3 Å². The highest BCUT2D eigenvalue weighted by Gasteiger charge is 2.29. The molecular formula is C18H25ClN2O3. The van der Waals surface area contributed by atoms with Crippen LogP contribution in [0.1, 0.15) is 39.5 Å². The Balaban J connectivity index is 1.88. The third kappa shape index (κ3) is 5.13. The van der Waals surface area contributed by atoms with Gasteiger partial charge in [0.1, 0.15) is 17.9 Å². The number of ether oxygens (including phenoxy) is 1. The third-order valence-corrected chi connectivity index (χ3v) is 4.45. The Morgan fingerprint density at radius 1 is 1.33 bits per heavy atom. The van der Waals surface area contributed by atoms with Crippen molar-refractivity contribution in [3.05, 3.63) is 29.3 Å². The highest BCUT2D eigenvalue weighted by Crippen LogP contribution is 2.27. The molecule has 0 aromatic heterocycles. The van der Waals surface area contributed by atoms with Gasteiger partial charge in [-0.15, -0.1) is 0 Å². The minimum atomic E-state index is -0.423. The maximum Gasteiger partial charge on any atom is 0.245 e. The van der Waals surface area contributed by atoms with E-state index in [1.807, 2.05) is 30.0 Å². The summed E-state index contributed by atoms with van der Waals surface area (Å²) in [6.45, 7) is 4.72. The van der Waals surface area contributed by atoms with E-state index in [4.69, 9.17) is 16.3 Å². The molecule has 1 fully saturated rings. The molecule has 1 N–H and O–H groups in total. The van der Waals surface area contributed by atoms with E-state index in [2.05, 4.69) is 5.32 Å². The van der Waals surface area contributed by atoms with Gasteiger partial charge in [-0.25, -0.2) is 0 Å². The number of piperidine rings is 1. The molecule has 1 aromatic rings. The average molecular weight is 353 g/mol. The number of halogens is 1. The number of hydrogen-bond acceptors (Lipinski definition) is 3. The number of nitrogens with one attached hydrogen (secondary N) is 1. The maximum absolute atomic E-state index is 12.6. The van der Waals surface area contributed by atoms with E-state index in [1.54, 1.807) is 6.07 Å². The predicted molar refractivity (Wildman–Crippen MR) is 94.2 cm³/mol. The second-order valence-corrected chi connectivity index (χ2v) is 6.52. The summed E-state index contributed by atoms with van der Waals surface area (Å²) in [5, 5.41) is 3.36. The van der Waals surface area contributed by atoms with Crippen molar-refractivity contribution in [2.24, 2.45) is 0 Å². The summed E-state index contributed by atoms with van der Waals surface area (Å²) in [6, 6.07) is 7.00. The summed E-state index contributed by atoms with van der Waals surface area (Å²) < 4.78 is 5.95. The van der Waals surface area contributed by atoms with Crippen molar-refractivity contribution in [3.63, 3.8) is 0 Å². The van der Waals surface area contributed by atoms with Crippen molar-refractivity contribution < 1.29 is 14.3 Å². The molecule has 5 nitrogen and oxygen atoms in total. The molecule has 1 aliphatic heterocycles. The molecule has 1 atom stereocenters. The van der Waals surface area contributed by atoms with E-state index in [9.17, 15) is 9.59 Å². The number of benzene rings is 1. The van der Waals surface area contributed by atoms with E-state index < -0.39 is 6.04 Å². The Morgan fingerprint density at radius 2 is 2.00 bits per heavy atom. The quantitative estimate of drug-likeness (QED) is 0.856. The molecule has 1 aliphatic rings. The van der Waals surface area contributed by atoms with Crippen molar-refractivity contribution in [2.45, 2.75) is 51.7 Å². The molecule has 0 spiro atoms. The summed E-state index contributed by atoms with van der Waals surface area (Å²) in [7, 11) is 0. The summed E-state index contributed by atoms with van der Waals surface area (Å²) in [5.74, 6) is 0.521. The van der Waals surface area contributed by atoms with Crippen LogP contribution in [0.5, 0.6) is 5.75 Å². The Hall–Kier alpha value is -1.75. The van der Waals surface area contributed by atoms with Gasteiger partial charge in [-0.2, -0.15) is 0 Å². The van der Waals surface area contributed by atoms with Crippen LogP contribution in [0.3, 0.4) is 0 Å². The van der Waals surface area contributed by atoms with E-state index in [-0.39, 0.29) is 17.9 Å². The van der Waals surface area contributed by atoms with E-state index in [1.165, 1.54) is 6.92 Å². The van der Waals surface area contributed by atoms with Crippen LogP contribution >= 0.6 is 11.6 Å². The first-order valence-corrected chi connectivity index (χ1v) is 8.86. The van der Waals surface area contributed by atoms with Gasteiger partial charge in [-0.1, -0.05) is 37.1 Å². The molecule has 0 unspecified atom stereocenters. The van der Waals surface area contributed by atoms with Crippen molar-refractivity contribution in [2.75, 3.05) is 13.1 Å². The Labute approximate surface area is 148 Å². The molecule has 1 saturated heterocycles. The summed E-state index contributed by atoms with van der Waals surface area (Å²) in [5.41, 5.74) is 0. The van der Waals surface area contributed by atoms with Gasteiger partial charge in [0.2, 0.25) is 11.8 Å². The lowest BCUT2D eigenvalue weighted by Crippen LogP contribution is -2.51. The second kappa shape index (κ2) is 8.92. The van der Waals surface area contributed by atoms with Crippen molar-refractivity contribution >= 4 is 23.4 Å². The largest absolute Gasteiger partial charge is 0.489 e. The Bertz CT molecular complexity index is 571. The van der Waals surface area contributed by atoms with Gasteiger partial charge < -0.3 is 15.0 Å². The standard InChI is InChI=1S/C18H25ClN2O3/c1-3-6-16(20-13(2)22)18(23)21-11-9-14(10-12-21)24-17-8-5-4-7-15(17)19/h4-5,7-8,14,16H,3,6,9-12H2,1-2H3,(H,20,22)/t16-/m1/s1. The fourth-order valence-electron chi connectivity index (χ4n) is 2.93. The van der Waals surface area contributed by atoms with Crippen LogP contribution in [0.2, 0.25) is 5.02 Å². The molecule has 1 aromatic carbocycles. The van der Waals surface area contributed by atoms with Crippen molar-refractivity contribution in [3.8, 4) is 5.75 Å². The monoisotopic (exact) mass is 352 g/mol. The average Bonchev–Trinajstić information content (AvgIpc) is 2.56. The molecule has 6 heteroatoms. The van der Waals surface area contributed by atoms with Crippen LogP contribution in [-0.4, -0.2) is 41.9 Å². The van der Waals surface area contributed by atoms with Crippen molar-refractivity contribution in [1.82, 2.24) is 10.2 Å². The zero-order valence-electron chi connectivity index (χ0n) is 14.3. The zero-order chi connectivity index (χ0) is 17.5. The minimum Gasteiger partial charge on any atom is -0.489 e. The fourth-order valence-corrected chi connectivity index (χ4v) is 3.11. The number of carbonyl (C=O) groups is 2. The number of nitrogens with zero attached hydrogens (tertiary/aromatic N) is 1. The fraction of sp³-hybridized carbons (Fsp3) is 0.556. The third-order valence-electron chi connectivity index (χ3n) is 4.14. The van der Waals surface area contributed by atoms with Crippen LogP contribution < -0.4 is 10.1 Å². The smallest absolute Gasteiger partial charge is 0.245 e. The molecule has 2 amide bonds. The molecule has 132 valence electrons. The minimum absolute atomic E-state index is 0.00300. The Kier molecular flexibility index (Phi) is 6.91. The number of likely N-dealkylation sites (tertiary alicyclic amines) is 1. The normalized spacial score (nSPS) is 16.5. The molecule has 0 aliphatic carbocycles. The first kappa shape index (κ1) is 18.6. The first-order chi connectivity index (χ1) is 11.5. The maximum atomic E-state index is 12.6. The van der Waals surface area contributed by atoms with Gasteiger partial charge in [0, 0.05) is 32.9 Å². The summed E-state index contributed by atoms with van der Waals surface area (Å²) in [6.07, 6.45) is 3.09. The summed E-state index contributed by atoms with van der Waals surface area (Å²) in [4.78, 5) is 25.7. The van der Waals surface area contributed by atoms with Crippen LogP contribution in [0, 0.1) is 0 Å². The molecular weight excluding hydrogens is 328 g/mol. The number of rotatable bonds is 6. The molecule has 2 rings (SSSR count). The van der Waals surface area contributed by atoms with Gasteiger partial charge in [-0.05, 0) is 18.6 Å². The zero-order valence-corrected chi connectivity index (χ0v) is 15.0. The molecule has 0 bridgehead atoms. The number of amides is 2. The van der Waals surface area contributed by atoms with Crippen LogP contribution in [0.4, 0.5) is 0 Å². The topological polar surface area (TPSA) is 58.6 Å². The van der Waals surface area contributed by atoms with Crippen LogP contribution in [-0.2, 0) is 9.59 Å². The van der Waals surface area contributed by atoms with E-state index in [0.29, 0.717) is 30.3 Å². The number of para-hydroxylation sites is 1. The predicted octanol–water partition coefficient (Wildman–Crippen LogP) is 3.01. The van der Waals surface area contributed by atoms with Crippen molar-refractivity contribution in [1.29, 1.82) is 0 Å². The lowest BCUT2D eigenvalue weighted by Gasteiger charge is -2.34. The highest BCUT2D eigenvalue weighted by atomic mass is 35.5. The van der Waals surface area contributed by atoms with Gasteiger partial charge in [0.15, 0.2) is 0 Å². The second-order valence-electron chi connectivity index (χ2n) is 6.11. The molecule has 0 radical (unpaired) electrons. The highest BCUT2D eigenvalue weighted by molar-refractivity contribution is 6.32. The summed E-state index contributed by atoms with van der Waals surface area (Å²) >= 11 is 6.12. The lowest BCUT2D eigenvalue weighted by atomic mass is 10.0. The number of hydrogen-bond donors (Lipinski definition) is 1. The first-order valence-electron chi connectivity index (χ1n) is 8.48. The van der Waals surface area contributed by atoms with Crippen LogP contribution in [0.25, 0.3) is 0 Å². The van der Waals surface area contributed by atoms with Crippen LogP contribution in [0.15, 0.2) is 24.3 Å². The number of carbonyl (C=O) groups excluding carboxylic acids is 2. The van der Waals surface area contributed by atoms with E-state index >= 15 is 0 Å². The lowest BCUT2D eigenvalue weighted by molar-refractivity contribution is -0.137. The van der Waals surface area contributed by atoms with Gasteiger partial charge in [0.25, 0.3) is 0 Å².